The van der Waals surface area contributed by atoms with Crippen LogP contribution in [0.15, 0.2) is 48.9 Å². The Morgan fingerprint density at radius 3 is 2.76 bits per heavy atom. The molecule has 0 aliphatic rings. The maximum absolute atomic E-state index is 14.0. The molecule has 2 heterocycles. The third kappa shape index (κ3) is 2.91. The standard InChI is InChI=1S/C16H16FN3.ClH/c17-15-10-19-8-6-12(15)11(5-7-18)14-9-20-16-4-2-1-3-13(14)16;/h1-4,6,8-11,20H,5,7,18H2;1H. The molecule has 0 radical (unpaired) electrons. The van der Waals surface area contributed by atoms with Crippen molar-refractivity contribution in [3.63, 3.8) is 0 Å². The molecule has 0 fully saturated rings. The van der Waals surface area contributed by atoms with E-state index < -0.39 is 0 Å². The summed E-state index contributed by atoms with van der Waals surface area (Å²) in [6.45, 7) is 0.506. The lowest BCUT2D eigenvalue weighted by Crippen LogP contribution is -2.10. The maximum Gasteiger partial charge on any atom is 0.145 e. The molecule has 1 unspecified atom stereocenters. The van der Waals surface area contributed by atoms with Crippen LogP contribution in [0.25, 0.3) is 10.9 Å². The van der Waals surface area contributed by atoms with E-state index in [0.29, 0.717) is 18.5 Å². The van der Waals surface area contributed by atoms with Crippen LogP contribution in [0.2, 0.25) is 0 Å². The van der Waals surface area contributed by atoms with Crippen LogP contribution in [0.1, 0.15) is 23.5 Å². The number of pyridine rings is 1. The van der Waals surface area contributed by atoms with Crippen molar-refractivity contribution in [3.05, 3.63) is 65.9 Å². The van der Waals surface area contributed by atoms with Gasteiger partial charge in [-0.2, -0.15) is 0 Å². The molecule has 0 saturated carbocycles. The quantitative estimate of drug-likeness (QED) is 0.773. The minimum Gasteiger partial charge on any atom is -0.361 e. The molecule has 2 aromatic heterocycles. The number of aromatic nitrogens is 2. The van der Waals surface area contributed by atoms with Crippen molar-refractivity contribution in [1.82, 2.24) is 9.97 Å². The van der Waals surface area contributed by atoms with Crippen LogP contribution >= 0.6 is 12.4 Å². The predicted molar refractivity (Wildman–Crippen MR) is 85.3 cm³/mol. The number of rotatable bonds is 4. The Balaban J connectivity index is 0.00000161. The molecule has 0 bridgehead atoms. The molecule has 21 heavy (non-hydrogen) atoms. The summed E-state index contributed by atoms with van der Waals surface area (Å²) < 4.78 is 14.0. The highest BCUT2D eigenvalue weighted by Gasteiger charge is 2.20. The van der Waals surface area contributed by atoms with Gasteiger partial charge < -0.3 is 10.7 Å². The fraction of sp³-hybridized carbons (Fsp3) is 0.188. The van der Waals surface area contributed by atoms with E-state index in [1.165, 1.54) is 6.20 Å². The molecule has 1 aromatic carbocycles. The molecular formula is C16H17ClFN3. The average molecular weight is 306 g/mol. The SMILES string of the molecule is Cl.NCCC(c1ccncc1F)c1c[nH]c2ccccc12. The zero-order chi connectivity index (χ0) is 13.9. The largest absolute Gasteiger partial charge is 0.361 e. The van der Waals surface area contributed by atoms with Crippen molar-refractivity contribution in [1.29, 1.82) is 0 Å². The molecule has 5 heteroatoms. The molecule has 3 aromatic rings. The third-order valence-electron chi connectivity index (χ3n) is 3.63. The first-order valence-electron chi connectivity index (χ1n) is 6.66. The highest BCUT2D eigenvalue weighted by Crippen LogP contribution is 2.33. The number of nitrogens with two attached hydrogens (primary N) is 1. The van der Waals surface area contributed by atoms with E-state index in [2.05, 4.69) is 9.97 Å². The summed E-state index contributed by atoms with van der Waals surface area (Å²) in [4.78, 5) is 7.05. The first-order valence-corrected chi connectivity index (χ1v) is 6.66. The van der Waals surface area contributed by atoms with Gasteiger partial charge in [0.1, 0.15) is 5.82 Å². The van der Waals surface area contributed by atoms with E-state index in [-0.39, 0.29) is 24.1 Å². The molecular weight excluding hydrogens is 289 g/mol. The Labute approximate surface area is 128 Å². The van der Waals surface area contributed by atoms with E-state index in [9.17, 15) is 4.39 Å². The second-order valence-electron chi connectivity index (χ2n) is 4.82. The number of H-pyrrole nitrogens is 1. The topological polar surface area (TPSA) is 54.7 Å². The Kier molecular flexibility index (Phi) is 4.94. The first-order chi connectivity index (χ1) is 9.81. The molecule has 0 amide bonds. The van der Waals surface area contributed by atoms with Gasteiger partial charge in [-0.1, -0.05) is 18.2 Å². The number of nitrogens with one attached hydrogen (secondary N) is 1. The zero-order valence-electron chi connectivity index (χ0n) is 11.4. The highest BCUT2D eigenvalue weighted by molar-refractivity contribution is 5.85. The van der Waals surface area contributed by atoms with Gasteiger partial charge in [0.05, 0.1) is 6.20 Å². The van der Waals surface area contributed by atoms with Gasteiger partial charge in [-0.3, -0.25) is 4.98 Å². The smallest absolute Gasteiger partial charge is 0.145 e. The zero-order valence-corrected chi connectivity index (χ0v) is 12.2. The number of aromatic amines is 1. The Bertz CT molecular complexity index is 726. The second kappa shape index (κ2) is 6.70. The van der Waals surface area contributed by atoms with Crippen LogP contribution in [0.5, 0.6) is 0 Å². The molecule has 1 atom stereocenters. The van der Waals surface area contributed by atoms with Crippen molar-refractivity contribution < 1.29 is 4.39 Å². The van der Waals surface area contributed by atoms with Crippen LogP contribution in [-0.2, 0) is 0 Å². The van der Waals surface area contributed by atoms with Crippen LogP contribution in [-0.4, -0.2) is 16.5 Å². The molecule has 3 rings (SSSR count). The molecule has 3 N–H and O–H groups in total. The fourth-order valence-electron chi connectivity index (χ4n) is 2.70. The monoisotopic (exact) mass is 305 g/mol. The Morgan fingerprint density at radius 2 is 2.00 bits per heavy atom. The summed E-state index contributed by atoms with van der Waals surface area (Å²) >= 11 is 0. The minimum absolute atomic E-state index is 0. The van der Waals surface area contributed by atoms with Crippen molar-refractivity contribution in [2.45, 2.75) is 12.3 Å². The Hall–Kier alpha value is -1.91. The van der Waals surface area contributed by atoms with E-state index in [1.54, 1.807) is 12.3 Å². The summed E-state index contributed by atoms with van der Waals surface area (Å²) in [5, 5.41) is 1.11. The molecule has 0 spiro atoms. The molecule has 0 saturated heterocycles. The van der Waals surface area contributed by atoms with Gasteiger partial charge in [0.25, 0.3) is 0 Å². The highest BCUT2D eigenvalue weighted by atomic mass is 35.5. The summed E-state index contributed by atoms with van der Waals surface area (Å²) in [6, 6.07) is 9.76. The summed E-state index contributed by atoms with van der Waals surface area (Å²) in [6.07, 6.45) is 5.53. The number of hydrogen-bond donors (Lipinski definition) is 2. The van der Waals surface area contributed by atoms with E-state index in [1.807, 2.05) is 30.5 Å². The van der Waals surface area contributed by atoms with Gasteiger partial charge in [0.15, 0.2) is 0 Å². The normalized spacial score (nSPS) is 12.1. The van der Waals surface area contributed by atoms with Gasteiger partial charge in [-0.15, -0.1) is 12.4 Å². The lowest BCUT2D eigenvalue weighted by Gasteiger charge is -2.16. The number of hydrogen-bond acceptors (Lipinski definition) is 2. The van der Waals surface area contributed by atoms with Crippen LogP contribution in [0.3, 0.4) is 0 Å². The van der Waals surface area contributed by atoms with Gasteiger partial charge in [-0.25, -0.2) is 4.39 Å². The van der Waals surface area contributed by atoms with E-state index in [0.717, 1.165) is 16.5 Å². The van der Waals surface area contributed by atoms with Crippen molar-refractivity contribution >= 4 is 23.3 Å². The molecule has 0 aliphatic carbocycles. The summed E-state index contributed by atoms with van der Waals surface area (Å²) in [5.74, 6) is -0.338. The Morgan fingerprint density at radius 1 is 1.19 bits per heavy atom. The van der Waals surface area contributed by atoms with Crippen LogP contribution in [0, 0.1) is 5.82 Å². The summed E-state index contributed by atoms with van der Waals surface area (Å²) in [7, 11) is 0. The van der Waals surface area contributed by atoms with Gasteiger partial charge in [0.2, 0.25) is 0 Å². The first kappa shape index (κ1) is 15.5. The lowest BCUT2D eigenvalue weighted by molar-refractivity contribution is 0.582. The number of halogens is 2. The van der Waals surface area contributed by atoms with Crippen molar-refractivity contribution in [2.75, 3.05) is 6.54 Å². The van der Waals surface area contributed by atoms with Crippen molar-refractivity contribution in [2.24, 2.45) is 5.73 Å². The fourth-order valence-corrected chi connectivity index (χ4v) is 2.70. The summed E-state index contributed by atoms with van der Waals surface area (Å²) in [5.41, 5.74) is 8.50. The molecule has 3 nitrogen and oxygen atoms in total. The van der Waals surface area contributed by atoms with Gasteiger partial charge in [-0.05, 0) is 36.2 Å². The second-order valence-corrected chi connectivity index (χ2v) is 4.82. The van der Waals surface area contributed by atoms with E-state index in [4.69, 9.17) is 5.73 Å². The molecule has 0 aliphatic heterocycles. The van der Waals surface area contributed by atoms with Gasteiger partial charge >= 0.3 is 0 Å². The van der Waals surface area contributed by atoms with E-state index >= 15 is 0 Å². The predicted octanol–water partition coefficient (Wildman–Crippen LogP) is 3.60. The van der Waals surface area contributed by atoms with Gasteiger partial charge in [0, 0.05) is 29.2 Å². The minimum atomic E-state index is -0.281. The van der Waals surface area contributed by atoms with Crippen LogP contribution < -0.4 is 5.73 Å². The number of nitrogens with zero attached hydrogens (tertiary/aromatic N) is 1. The lowest BCUT2D eigenvalue weighted by atomic mass is 9.88. The van der Waals surface area contributed by atoms with Crippen molar-refractivity contribution in [3.8, 4) is 0 Å². The average Bonchev–Trinajstić information content (AvgIpc) is 2.90. The molecule has 110 valence electrons. The third-order valence-corrected chi connectivity index (χ3v) is 3.63. The number of benzene rings is 1. The number of fused-ring (bicyclic) bond motifs is 1. The number of para-hydroxylation sites is 1. The van der Waals surface area contributed by atoms with Crippen LogP contribution in [0.4, 0.5) is 4.39 Å². The maximum atomic E-state index is 14.0.